The van der Waals surface area contributed by atoms with Gasteiger partial charge in [0.1, 0.15) is 5.75 Å². The smallest absolute Gasteiger partial charge is 0.246 e. The summed E-state index contributed by atoms with van der Waals surface area (Å²) >= 11 is 0. The van der Waals surface area contributed by atoms with E-state index in [0.29, 0.717) is 31.3 Å². The molecule has 6 nitrogen and oxygen atoms in total. The molecule has 0 aliphatic rings. The van der Waals surface area contributed by atoms with Crippen LogP contribution < -0.4 is 4.74 Å². The van der Waals surface area contributed by atoms with Gasteiger partial charge in [0, 0.05) is 19.0 Å². The van der Waals surface area contributed by atoms with Crippen LogP contribution in [-0.4, -0.2) is 34.6 Å². The van der Waals surface area contributed by atoms with E-state index >= 15 is 0 Å². The van der Waals surface area contributed by atoms with Crippen LogP contribution in [0.25, 0.3) is 11.4 Å². The van der Waals surface area contributed by atoms with Gasteiger partial charge in [0.05, 0.1) is 13.2 Å². The van der Waals surface area contributed by atoms with Crippen LogP contribution in [0.2, 0.25) is 0 Å². The van der Waals surface area contributed by atoms with Gasteiger partial charge < -0.3 is 14.2 Å². The van der Waals surface area contributed by atoms with Crippen molar-refractivity contribution in [2.75, 3.05) is 13.7 Å². The maximum atomic E-state index is 11.5. The first-order valence-electron chi connectivity index (χ1n) is 6.93. The number of hydrogen-bond donors (Lipinski definition) is 0. The molecule has 0 saturated carbocycles. The molecule has 0 atom stereocenters. The van der Waals surface area contributed by atoms with E-state index in [1.807, 2.05) is 38.1 Å². The fraction of sp³-hybridized carbons (Fsp3) is 0.400. The maximum Gasteiger partial charge on any atom is 0.246 e. The molecule has 0 unspecified atom stereocenters. The Morgan fingerprint density at radius 3 is 2.62 bits per heavy atom. The van der Waals surface area contributed by atoms with Gasteiger partial charge in [0.15, 0.2) is 0 Å². The number of amides is 1. The topological polar surface area (TPSA) is 68.5 Å². The van der Waals surface area contributed by atoms with E-state index in [9.17, 15) is 4.79 Å². The summed E-state index contributed by atoms with van der Waals surface area (Å²) in [6.45, 7) is 4.70. The van der Waals surface area contributed by atoms with Crippen molar-refractivity contribution in [2.24, 2.45) is 0 Å². The summed E-state index contributed by atoms with van der Waals surface area (Å²) in [5, 5.41) is 3.94. The molecule has 21 heavy (non-hydrogen) atoms. The standard InChI is InChI=1S/C15H19N3O3/c1-4-14(19)18(3)10-13-16-15(17-21-13)11-6-8-12(9-7-11)20-5-2/h6-9H,4-5,10H2,1-3H3. The fourth-order valence-electron chi connectivity index (χ4n) is 1.86. The van der Waals surface area contributed by atoms with Gasteiger partial charge in [-0.1, -0.05) is 12.1 Å². The first-order valence-corrected chi connectivity index (χ1v) is 6.93. The van der Waals surface area contributed by atoms with Gasteiger partial charge in [0.25, 0.3) is 0 Å². The van der Waals surface area contributed by atoms with Crippen LogP contribution in [0.5, 0.6) is 5.75 Å². The van der Waals surface area contributed by atoms with E-state index in [-0.39, 0.29) is 5.91 Å². The Morgan fingerprint density at radius 2 is 2.00 bits per heavy atom. The van der Waals surface area contributed by atoms with Gasteiger partial charge in [-0.3, -0.25) is 4.79 Å². The predicted molar refractivity (Wildman–Crippen MR) is 77.7 cm³/mol. The zero-order valence-electron chi connectivity index (χ0n) is 12.5. The molecule has 0 saturated heterocycles. The molecule has 112 valence electrons. The molecular formula is C15H19N3O3. The first kappa shape index (κ1) is 15.0. The highest BCUT2D eigenvalue weighted by molar-refractivity contribution is 5.75. The number of nitrogens with zero attached hydrogens (tertiary/aromatic N) is 3. The lowest BCUT2D eigenvalue weighted by molar-refractivity contribution is -0.130. The first-order chi connectivity index (χ1) is 10.1. The summed E-state index contributed by atoms with van der Waals surface area (Å²) in [6.07, 6.45) is 0.455. The highest BCUT2D eigenvalue weighted by Crippen LogP contribution is 2.20. The van der Waals surface area contributed by atoms with Crippen LogP contribution in [0.3, 0.4) is 0 Å². The molecule has 2 rings (SSSR count). The van der Waals surface area contributed by atoms with Crippen LogP contribution >= 0.6 is 0 Å². The zero-order valence-corrected chi connectivity index (χ0v) is 12.5. The molecule has 0 fully saturated rings. The Hall–Kier alpha value is -2.37. The Balaban J connectivity index is 2.07. The van der Waals surface area contributed by atoms with Gasteiger partial charge in [-0.25, -0.2) is 0 Å². The lowest BCUT2D eigenvalue weighted by Crippen LogP contribution is -2.25. The van der Waals surface area contributed by atoms with E-state index in [4.69, 9.17) is 9.26 Å². The van der Waals surface area contributed by atoms with Crippen LogP contribution in [-0.2, 0) is 11.3 Å². The summed E-state index contributed by atoms with van der Waals surface area (Å²) < 4.78 is 10.6. The van der Waals surface area contributed by atoms with E-state index < -0.39 is 0 Å². The van der Waals surface area contributed by atoms with Crippen LogP contribution in [0.1, 0.15) is 26.2 Å². The lowest BCUT2D eigenvalue weighted by atomic mass is 10.2. The molecule has 0 spiro atoms. The molecule has 1 aromatic carbocycles. The number of carbonyl (C=O) groups excluding carboxylic acids is 1. The molecule has 0 radical (unpaired) electrons. The Kier molecular flexibility index (Phi) is 4.92. The summed E-state index contributed by atoms with van der Waals surface area (Å²) in [7, 11) is 1.71. The van der Waals surface area contributed by atoms with Crippen molar-refractivity contribution in [1.82, 2.24) is 15.0 Å². The minimum atomic E-state index is 0.0378. The van der Waals surface area contributed by atoms with Gasteiger partial charge in [0.2, 0.25) is 17.6 Å². The third kappa shape index (κ3) is 3.81. The summed E-state index contributed by atoms with van der Waals surface area (Å²) in [5.74, 6) is 1.77. The lowest BCUT2D eigenvalue weighted by Gasteiger charge is -2.12. The second-order valence-electron chi connectivity index (χ2n) is 4.57. The number of ether oxygens (including phenoxy) is 1. The minimum absolute atomic E-state index is 0.0378. The predicted octanol–water partition coefficient (Wildman–Crippen LogP) is 2.50. The van der Waals surface area contributed by atoms with Gasteiger partial charge in [-0.15, -0.1) is 0 Å². The molecule has 1 aromatic heterocycles. The number of carbonyl (C=O) groups is 1. The average Bonchev–Trinajstić information content (AvgIpc) is 2.96. The van der Waals surface area contributed by atoms with Crippen molar-refractivity contribution in [2.45, 2.75) is 26.8 Å². The molecular weight excluding hydrogens is 270 g/mol. The molecule has 1 amide bonds. The third-order valence-corrected chi connectivity index (χ3v) is 2.99. The maximum absolute atomic E-state index is 11.5. The van der Waals surface area contributed by atoms with E-state index in [2.05, 4.69) is 10.1 Å². The highest BCUT2D eigenvalue weighted by atomic mass is 16.5. The fourth-order valence-corrected chi connectivity index (χ4v) is 1.86. The van der Waals surface area contributed by atoms with Crippen LogP contribution in [0.4, 0.5) is 0 Å². The summed E-state index contributed by atoms with van der Waals surface area (Å²) in [5.41, 5.74) is 0.845. The van der Waals surface area contributed by atoms with Gasteiger partial charge in [-0.2, -0.15) is 4.98 Å². The molecule has 0 aliphatic carbocycles. The second-order valence-corrected chi connectivity index (χ2v) is 4.57. The highest BCUT2D eigenvalue weighted by Gasteiger charge is 2.13. The summed E-state index contributed by atoms with van der Waals surface area (Å²) in [4.78, 5) is 17.4. The van der Waals surface area contributed by atoms with Crippen molar-refractivity contribution in [3.8, 4) is 17.1 Å². The Labute approximate surface area is 123 Å². The Bertz CT molecular complexity index is 592. The normalized spacial score (nSPS) is 10.4. The quantitative estimate of drug-likeness (QED) is 0.817. The number of rotatable bonds is 6. The van der Waals surface area contributed by atoms with Gasteiger partial charge >= 0.3 is 0 Å². The van der Waals surface area contributed by atoms with E-state index in [1.54, 1.807) is 11.9 Å². The molecule has 2 aromatic rings. The van der Waals surface area contributed by atoms with Crippen molar-refractivity contribution in [1.29, 1.82) is 0 Å². The van der Waals surface area contributed by atoms with E-state index in [0.717, 1.165) is 11.3 Å². The molecule has 0 bridgehead atoms. The van der Waals surface area contributed by atoms with Crippen molar-refractivity contribution in [3.63, 3.8) is 0 Å². The molecule has 6 heteroatoms. The van der Waals surface area contributed by atoms with Crippen LogP contribution in [0, 0.1) is 0 Å². The largest absolute Gasteiger partial charge is 0.494 e. The van der Waals surface area contributed by atoms with Crippen molar-refractivity contribution < 1.29 is 14.1 Å². The minimum Gasteiger partial charge on any atom is -0.494 e. The molecule has 0 aliphatic heterocycles. The van der Waals surface area contributed by atoms with E-state index in [1.165, 1.54) is 0 Å². The SMILES string of the molecule is CCOc1ccc(-c2noc(CN(C)C(=O)CC)n2)cc1. The average molecular weight is 289 g/mol. The third-order valence-electron chi connectivity index (χ3n) is 2.99. The summed E-state index contributed by atoms with van der Waals surface area (Å²) in [6, 6.07) is 7.48. The number of benzene rings is 1. The molecule has 0 N–H and O–H groups in total. The van der Waals surface area contributed by atoms with Crippen LogP contribution in [0.15, 0.2) is 28.8 Å². The number of hydrogen-bond acceptors (Lipinski definition) is 5. The number of aromatic nitrogens is 2. The van der Waals surface area contributed by atoms with Gasteiger partial charge in [-0.05, 0) is 31.2 Å². The van der Waals surface area contributed by atoms with Crippen molar-refractivity contribution >= 4 is 5.91 Å². The van der Waals surface area contributed by atoms with Crippen molar-refractivity contribution in [3.05, 3.63) is 30.2 Å². The molecule has 1 heterocycles. The Morgan fingerprint density at radius 1 is 1.29 bits per heavy atom. The second kappa shape index (κ2) is 6.88. The monoisotopic (exact) mass is 289 g/mol. The zero-order chi connectivity index (χ0) is 15.2.